The molecule has 2 amide bonds. The Kier molecular flexibility index (Phi) is 6.50. The van der Waals surface area contributed by atoms with Crippen LogP contribution in [0, 0.1) is 0 Å². The molecule has 7 heteroatoms. The molecule has 1 aromatic carbocycles. The van der Waals surface area contributed by atoms with E-state index in [0.29, 0.717) is 12.3 Å². The monoisotopic (exact) mass is 368 g/mol. The van der Waals surface area contributed by atoms with Gasteiger partial charge in [0.05, 0.1) is 16.6 Å². The van der Waals surface area contributed by atoms with Gasteiger partial charge in [-0.15, -0.1) is 23.1 Å². The number of nitrogens with zero attached hydrogens (tertiary/aromatic N) is 1. The van der Waals surface area contributed by atoms with Crippen molar-refractivity contribution < 1.29 is 9.59 Å². The Morgan fingerprint density at radius 2 is 1.91 bits per heavy atom. The molecule has 0 bridgehead atoms. The predicted octanol–water partition coefficient (Wildman–Crippen LogP) is 4.11. The number of hydrogen-bond donors (Lipinski definition) is 1. The summed E-state index contributed by atoms with van der Waals surface area (Å²) in [5.41, 5.74) is 0.750. The number of anilines is 1. The number of thioether (sulfide) groups is 1. The Bertz CT molecular complexity index is 686. The van der Waals surface area contributed by atoms with E-state index in [9.17, 15) is 9.59 Å². The third-order valence-corrected chi connectivity index (χ3v) is 5.20. The highest BCUT2D eigenvalue weighted by Gasteiger charge is 2.11. The average molecular weight is 369 g/mol. The molecule has 122 valence electrons. The molecule has 2 rings (SSSR count). The second-order valence-electron chi connectivity index (χ2n) is 4.95. The van der Waals surface area contributed by atoms with Gasteiger partial charge < -0.3 is 10.2 Å². The zero-order valence-electron chi connectivity index (χ0n) is 12.8. The lowest BCUT2D eigenvalue weighted by atomic mass is 10.3. The second kappa shape index (κ2) is 8.38. The van der Waals surface area contributed by atoms with E-state index in [1.807, 2.05) is 36.4 Å². The van der Waals surface area contributed by atoms with Crippen molar-refractivity contribution in [3.8, 4) is 0 Å². The van der Waals surface area contributed by atoms with Crippen molar-refractivity contribution >= 4 is 52.2 Å². The molecule has 0 saturated heterocycles. The Morgan fingerprint density at radius 3 is 2.48 bits per heavy atom. The number of carbonyl (C=O) groups is 2. The minimum atomic E-state index is -0.101. The van der Waals surface area contributed by atoms with Gasteiger partial charge in [0.15, 0.2) is 0 Å². The lowest BCUT2D eigenvalue weighted by molar-refractivity contribution is -0.127. The van der Waals surface area contributed by atoms with E-state index >= 15 is 0 Å². The molecule has 0 radical (unpaired) electrons. The summed E-state index contributed by atoms with van der Waals surface area (Å²) in [6.45, 7) is 2.04. The zero-order chi connectivity index (χ0) is 16.8. The molecule has 2 aromatic rings. The Balaban J connectivity index is 1.82. The number of hydrogen-bond acceptors (Lipinski definition) is 4. The van der Waals surface area contributed by atoms with Crippen molar-refractivity contribution in [2.75, 3.05) is 18.1 Å². The third-order valence-electron chi connectivity index (χ3n) is 2.98. The first kappa shape index (κ1) is 17.8. The number of thiophene rings is 1. The fourth-order valence-electron chi connectivity index (χ4n) is 1.85. The summed E-state index contributed by atoms with van der Waals surface area (Å²) in [6.07, 6.45) is 0. The van der Waals surface area contributed by atoms with Gasteiger partial charge in [-0.25, -0.2) is 0 Å². The van der Waals surface area contributed by atoms with E-state index < -0.39 is 0 Å². The number of carbonyl (C=O) groups excluding carboxylic acids is 2. The van der Waals surface area contributed by atoms with Crippen LogP contribution in [0.5, 0.6) is 0 Å². The lowest BCUT2D eigenvalue weighted by Crippen LogP contribution is -2.27. The first-order valence-electron chi connectivity index (χ1n) is 6.92. The maximum Gasteiger partial charge on any atom is 0.233 e. The van der Waals surface area contributed by atoms with Crippen LogP contribution in [0.15, 0.2) is 41.3 Å². The summed E-state index contributed by atoms with van der Waals surface area (Å²) in [5.74, 6) is 0.330. The summed E-state index contributed by atoms with van der Waals surface area (Å²) in [6, 6.07) is 11.2. The zero-order valence-corrected chi connectivity index (χ0v) is 15.2. The fraction of sp³-hybridized carbons (Fsp3) is 0.250. The molecule has 4 nitrogen and oxygen atoms in total. The predicted molar refractivity (Wildman–Crippen MR) is 97.3 cm³/mol. The molecule has 0 atom stereocenters. The minimum absolute atomic E-state index is 0.0606. The largest absolute Gasteiger partial charge is 0.340 e. The fourth-order valence-corrected chi connectivity index (χ4v) is 3.83. The summed E-state index contributed by atoms with van der Waals surface area (Å²) in [7, 11) is 1.79. The molecule has 0 aliphatic carbocycles. The van der Waals surface area contributed by atoms with Crippen LogP contribution in [0.1, 0.15) is 11.8 Å². The van der Waals surface area contributed by atoms with Gasteiger partial charge in [0.2, 0.25) is 11.8 Å². The van der Waals surface area contributed by atoms with Gasteiger partial charge in [0.1, 0.15) is 0 Å². The van der Waals surface area contributed by atoms with E-state index in [1.165, 1.54) is 30.0 Å². The topological polar surface area (TPSA) is 49.4 Å². The molecule has 1 heterocycles. The van der Waals surface area contributed by atoms with Crippen molar-refractivity contribution in [1.29, 1.82) is 0 Å². The van der Waals surface area contributed by atoms with Crippen LogP contribution in [0.2, 0.25) is 4.34 Å². The Hall–Kier alpha value is -1.50. The average Bonchev–Trinajstić information content (AvgIpc) is 2.90. The van der Waals surface area contributed by atoms with Crippen LogP contribution in [-0.4, -0.2) is 29.5 Å². The van der Waals surface area contributed by atoms with E-state index in [0.717, 1.165) is 19.8 Å². The Labute approximate surface area is 148 Å². The van der Waals surface area contributed by atoms with Gasteiger partial charge in [-0.1, -0.05) is 11.6 Å². The highest BCUT2D eigenvalue weighted by Crippen LogP contribution is 2.24. The van der Waals surface area contributed by atoms with Crippen molar-refractivity contribution in [2.24, 2.45) is 0 Å². The maximum absolute atomic E-state index is 12.2. The van der Waals surface area contributed by atoms with Gasteiger partial charge in [-0.05, 0) is 36.4 Å². The first-order chi connectivity index (χ1) is 10.9. The van der Waals surface area contributed by atoms with Crippen LogP contribution in [0.3, 0.4) is 0 Å². The van der Waals surface area contributed by atoms with Gasteiger partial charge in [-0.2, -0.15) is 0 Å². The van der Waals surface area contributed by atoms with Crippen molar-refractivity contribution in [1.82, 2.24) is 4.90 Å². The smallest absolute Gasteiger partial charge is 0.233 e. The number of amides is 2. The summed E-state index contributed by atoms with van der Waals surface area (Å²) >= 11 is 8.85. The second-order valence-corrected chi connectivity index (χ2v) is 7.80. The highest BCUT2D eigenvalue weighted by atomic mass is 35.5. The van der Waals surface area contributed by atoms with Crippen LogP contribution in [0.25, 0.3) is 0 Å². The molecule has 0 saturated carbocycles. The van der Waals surface area contributed by atoms with Crippen LogP contribution in [0.4, 0.5) is 5.69 Å². The quantitative estimate of drug-likeness (QED) is 0.780. The van der Waals surface area contributed by atoms with Crippen molar-refractivity contribution in [3.05, 3.63) is 45.6 Å². The van der Waals surface area contributed by atoms with Crippen LogP contribution >= 0.6 is 34.7 Å². The molecule has 0 unspecified atom stereocenters. The van der Waals surface area contributed by atoms with E-state index in [4.69, 9.17) is 11.6 Å². The van der Waals surface area contributed by atoms with Gasteiger partial charge in [0.25, 0.3) is 0 Å². The molecule has 1 aromatic heterocycles. The number of rotatable bonds is 6. The molecule has 1 N–H and O–H groups in total. The van der Waals surface area contributed by atoms with Gasteiger partial charge >= 0.3 is 0 Å². The molecule has 0 aliphatic heterocycles. The van der Waals surface area contributed by atoms with E-state index in [2.05, 4.69) is 5.32 Å². The lowest BCUT2D eigenvalue weighted by Gasteiger charge is -2.16. The van der Waals surface area contributed by atoms with Gasteiger partial charge in [-0.3, -0.25) is 9.59 Å². The van der Waals surface area contributed by atoms with Crippen LogP contribution < -0.4 is 5.32 Å². The van der Waals surface area contributed by atoms with Gasteiger partial charge in [0, 0.05) is 29.4 Å². The van der Waals surface area contributed by atoms with E-state index in [1.54, 1.807) is 11.9 Å². The minimum Gasteiger partial charge on any atom is -0.340 e. The highest BCUT2D eigenvalue weighted by molar-refractivity contribution is 8.00. The van der Waals surface area contributed by atoms with Crippen LogP contribution in [-0.2, 0) is 16.1 Å². The number of nitrogens with one attached hydrogen (secondary N) is 1. The molecular formula is C16H17ClN2O2S2. The SMILES string of the molecule is CC(=O)Nc1ccc(SCC(=O)N(C)Cc2ccc(Cl)s2)cc1. The number of halogens is 1. The first-order valence-corrected chi connectivity index (χ1v) is 9.10. The third kappa shape index (κ3) is 5.89. The maximum atomic E-state index is 12.2. The van der Waals surface area contributed by atoms with Crippen molar-refractivity contribution in [3.63, 3.8) is 0 Å². The molecule has 0 spiro atoms. The van der Waals surface area contributed by atoms with Crippen molar-refractivity contribution in [2.45, 2.75) is 18.4 Å². The molecule has 0 aliphatic rings. The normalized spacial score (nSPS) is 10.4. The summed E-state index contributed by atoms with van der Waals surface area (Å²) in [5, 5.41) is 2.71. The number of benzene rings is 1. The summed E-state index contributed by atoms with van der Waals surface area (Å²) < 4.78 is 0.731. The Morgan fingerprint density at radius 1 is 1.22 bits per heavy atom. The molecular weight excluding hydrogens is 352 g/mol. The summed E-state index contributed by atoms with van der Waals surface area (Å²) in [4.78, 5) is 26.9. The van der Waals surface area contributed by atoms with E-state index in [-0.39, 0.29) is 11.8 Å². The molecule has 23 heavy (non-hydrogen) atoms. The molecule has 0 fully saturated rings. The standard InChI is InChI=1S/C16H17ClN2O2S2/c1-11(20)18-12-3-5-13(6-4-12)22-10-16(21)19(2)9-14-7-8-15(17)23-14/h3-8H,9-10H2,1-2H3,(H,18,20).